The van der Waals surface area contributed by atoms with E-state index in [9.17, 15) is 9.59 Å². The van der Waals surface area contributed by atoms with Crippen LogP contribution in [0.2, 0.25) is 0 Å². The summed E-state index contributed by atoms with van der Waals surface area (Å²) in [4.78, 5) is 26.6. The van der Waals surface area contributed by atoms with E-state index in [2.05, 4.69) is 11.6 Å². The van der Waals surface area contributed by atoms with Crippen molar-refractivity contribution < 1.29 is 9.59 Å². The van der Waals surface area contributed by atoms with Gasteiger partial charge in [0.1, 0.15) is 5.54 Å². The first-order chi connectivity index (χ1) is 10.1. The van der Waals surface area contributed by atoms with Gasteiger partial charge in [-0.05, 0) is 50.5 Å². The first-order valence-corrected chi connectivity index (χ1v) is 9.56. The van der Waals surface area contributed by atoms with Crippen molar-refractivity contribution in [1.29, 1.82) is 0 Å². The van der Waals surface area contributed by atoms with Gasteiger partial charge in [0.05, 0.1) is 0 Å². The molecule has 2 amide bonds. The van der Waals surface area contributed by atoms with Gasteiger partial charge in [0.25, 0.3) is 0 Å². The number of carbonyl (C=O) groups is 2. The minimum atomic E-state index is -0.646. The van der Waals surface area contributed by atoms with E-state index < -0.39 is 5.54 Å². The van der Waals surface area contributed by atoms with Gasteiger partial charge in [-0.3, -0.25) is 9.59 Å². The van der Waals surface area contributed by atoms with E-state index in [0.29, 0.717) is 18.9 Å². The minimum Gasteiger partial charge on any atom is -0.342 e. The summed E-state index contributed by atoms with van der Waals surface area (Å²) in [6.45, 7) is 3.30. The molecule has 2 fully saturated rings. The Bertz CT molecular complexity index is 384. The molecule has 1 N–H and O–H groups in total. The Morgan fingerprint density at radius 3 is 2.62 bits per heavy atom. The van der Waals surface area contributed by atoms with Crippen LogP contribution in [0, 0.1) is 5.92 Å². The quantitative estimate of drug-likeness (QED) is 0.700. The molecule has 21 heavy (non-hydrogen) atoms. The largest absolute Gasteiger partial charge is 0.342 e. The zero-order chi connectivity index (χ0) is 15.3. The Kier molecular flexibility index (Phi) is 5.97. The number of carbonyl (C=O) groups excluding carboxylic acids is 2. The zero-order valence-electron chi connectivity index (χ0n) is 13.3. The van der Waals surface area contributed by atoms with Crippen LogP contribution in [0.4, 0.5) is 0 Å². The second kappa shape index (κ2) is 7.52. The third kappa shape index (κ3) is 4.38. The van der Waals surface area contributed by atoms with Crippen molar-refractivity contribution in [3.63, 3.8) is 0 Å². The van der Waals surface area contributed by atoms with E-state index in [0.717, 1.165) is 25.8 Å². The fraction of sp³-hybridized carbons (Fsp3) is 0.875. The summed E-state index contributed by atoms with van der Waals surface area (Å²) in [5.74, 6) is 1.73. The second-order valence-corrected chi connectivity index (χ2v) is 7.46. The molecule has 5 heteroatoms. The monoisotopic (exact) mass is 312 g/mol. The number of nitrogens with one attached hydrogen (secondary N) is 1. The molecule has 1 aliphatic heterocycles. The topological polar surface area (TPSA) is 49.4 Å². The molecule has 0 aromatic heterocycles. The molecule has 2 aliphatic rings. The highest BCUT2D eigenvalue weighted by atomic mass is 32.2. The Hall–Kier alpha value is -0.710. The smallest absolute Gasteiger partial charge is 0.248 e. The van der Waals surface area contributed by atoms with Crippen molar-refractivity contribution >= 4 is 23.6 Å². The van der Waals surface area contributed by atoms with E-state index >= 15 is 0 Å². The molecule has 1 saturated carbocycles. The van der Waals surface area contributed by atoms with Gasteiger partial charge in [-0.1, -0.05) is 12.8 Å². The number of hydrogen-bond acceptors (Lipinski definition) is 3. The Labute approximate surface area is 132 Å². The summed E-state index contributed by atoms with van der Waals surface area (Å²) in [6, 6.07) is 0. The number of nitrogens with zero attached hydrogens (tertiary/aromatic N) is 1. The molecule has 120 valence electrons. The van der Waals surface area contributed by atoms with Crippen LogP contribution in [-0.4, -0.2) is 47.4 Å². The fourth-order valence-corrected chi connectivity index (χ4v) is 3.62. The molecule has 0 spiro atoms. The number of thioether (sulfide) groups is 1. The SMILES string of the molecule is CSCCCCCCN1CCC(=O)NC(C)(C2CC2)C1=O. The molecule has 1 atom stereocenters. The zero-order valence-corrected chi connectivity index (χ0v) is 14.1. The van der Waals surface area contributed by atoms with Crippen LogP contribution in [0.5, 0.6) is 0 Å². The predicted molar refractivity (Wildman–Crippen MR) is 87.3 cm³/mol. The van der Waals surface area contributed by atoms with Gasteiger partial charge in [0.15, 0.2) is 0 Å². The van der Waals surface area contributed by atoms with Gasteiger partial charge in [0.2, 0.25) is 11.8 Å². The van der Waals surface area contributed by atoms with Crippen molar-refractivity contribution in [2.45, 2.75) is 57.4 Å². The van der Waals surface area contributed by atoms with Crippen LogP contribution in [0.3, 0.4) is 0 Å². The van der Waals surface area contributed by atoms with E-state index in [4.69, 9.17) is 0 Å². The lowest BCUT2D eigenvalue weighted by molar-refractivity contribution is -0.139. The standard InChI is InChI=1S/C16H28N2O2S/c1-16(13-7-8-13)15(20)18(11-9-14(19)17-16)10-5-3-4-6-12-21-2/h13H,3-12H2,1-2H3,(H,17,19). The van der Waals surface area contributed by atoms with Gasteiger partial charge in [-0.25, -0.2) is 0 Å². The summed E-state index contributed by atoms with van der Waals surface area (Å²) in [7, 11) is 0. The molecule has 1 heterocycles. The van der Waals surface area contributed by atoms with Crippen molar-refractivity contribution in [3.05, 3.63) is 0 Å². The summed E-state index contributed by atoms with van der Waals surface area (Å²) >= 11 is 1.89. The number of rotatable bonds is 8. The predicted octanol–water partition coefficient (Wildman–Crippen LogP) is 2.43. The normalized spacial score (nSPS) is 26.7. The maximum Gasteiger partial charge on any atom is 0.248 e. The minimum absolute atomic E-state index is 0.0280. The lowest BCUT2D eigenvalue weighted by Crippen LogP contribution is -2.56. The maximum atomic E-state index is 12.8. The molecule has 0 bridgehead atoms. The van der Waals surface area contributed by atoms with Crippen LogP contribution in [0.15, 0.2) is 0 Å². The third-order valence-corrected chi connectivity index (χ3v) is 5.36. The first kappa shape index (κ1) is 16.7. The third-order valence-electron chi connectivity index (χ3n) is 4.66. The van der Waals surface area contributed by atoms with Crippen LogP contribution in [-0.2, 0) is 9.59 Å². The Balaban J connectivity index is 1.83. The van der Waals surface area contributed by atoms with Crippen LogP contribution in [0.25, 0.3) is 0 Å². The highest BCUT2D eigenvalue weighted by Gasteiger charge is 2.50. The van der Waals surface area contributed by atoms with Crippen molar-refractivity contribution in [2.75, 3.05) is 25.1 Å². The lowest BCUT2D eigenvalue weighted by atomic mass is 9.94. The van der Waals surface area contributed by atoms with Gasteiger partial charge >= 0.3 is 0 Å². The van der Waals surface area contributed by atoms with Crippen LogP contribution < -0.4 is 5.32 Å². The number of unbranched alkanes of at least 4 members (excludes halogenated alkanes) is 3. The first-order valence-electron chi connectivity index (χ1n) is 8.17. The molecule has 1 saturated heterocycles. The highest BCUT2D eigenvalue weighted by Crippen LogP contribution is 2.41. The summed E-state index contributed by atoms with van der Waals surface area (Å²) in [5, 5.41) is 2.98. The van der Waals surface area contributed by atoms with E-state index in [1.54, 1.807) is 0 Å². The number of amides is 2. The molecule has 0 aromatic rings. The summed E-state index contributed by atoms with van der Waals surface area (Å²) in [6.07, 6.45) is 9.42. The van der Waals surface area contributed by atoms with Gasteiger partial charge in [-0.15, -0.1) is 0 Å². The van der Waals surface area contributed by atoms with Gasteiger partial charge in [-0.2, -0.15) is 11.8 Å². The van der Waals surface area contributed by atoms with Crippen LogP contribution in [0.1, 0.15) is 51.9 Å². The number of hydrogen-bond donors (Lipinski definition) is 1. The Morgan fingerprint density at radius 2 is 1.95 bits per heavy atom. The molecule has 4 nitrogen and oxygen atoms in total. The molecular formula is C16H28N2O2S. The maximum absolute atomic E-state index is 12.8. The highest BCUT2D eigenvalue weighted by molar-refractivity contribution is 7.98. The van der Waals surface area contributed by atoms with E-state index in [1.807, 2.05) is 23.6 Å². The fourth-order valence-electron chi connectivity index (χ4n) is 3.13. The summed E-state index contributed by atoms with van der Waals surface area (Å²) in [5.41, 5.74) is -0.646. The van der Waals surface area contributed by atoms with Crippen molar-refractivity contribution in [1.82, 2.24) is 10.2 Å². The average molecular weight is 312 g/mol. The molecule has 0 radical (unpaired) electrons. The van der Waals surface area contributed by atoms with Crippen molar-refractivity contribution in [3.8, 4) is 0 Å². The molecule has 1 aliphatic carbocycles. The Morgan fingerprint density at radius 1 is 1.24 bits per heavy atom. The van der Waals surface area contributed by atoms with Crippen molar-refractivity contribution in [2.24, 2.45) is 5.92 Å². The van der Waals surface area contributed by atoms with Gasteiger partial charge < -0.3 is 10.2 Å². The average Bonchev–Trinajstić information content (AvgIpc) is 3.29. The molecular weight excluding hydrogens is 284 g/mol. The molecule has 1 unspecified atom stereocenters. The van der Waals surface area contributed by atoms with E-state index in [-0.39, 0.29) is 11.8 Å². The van der Waals surface area contributed by atoms with Gasteiger partial charge in [0, 0.05) is 19.5 Å². The summed E-state index contributed by atoms with van der Waals surface area (Å²) < 4.78 is 0. The second-order valence-electron chi connectivity index (χ2n) is 6.47. The van der Waals surface area contributed by atoms with E-state index in [1.165, 1.54) is 25.0 Å². The lowest BCUT2D eigenvalue weighted by Gasteiger charge is -2.32. The van der Waals surface area contributed by atoms with Crippen LogP contribution >= 0.6 is 11.8 Å². The molecule has 0 aromatic carbocycles. The molecule has 2 rings (SSSR count).